The van der Waals surface area contributed by atoms with Crippen molar-refractivity contribution < 1.29 is 28.6 Å². The molecule has 76 heavy (non-hydrogen) atoms. The molecule has 0 aliphatic rings. The largest absolute Gasteiger partial charge is 0.462 e. The normalized spacial score (nSPS) is 12.4. The van der Waals surface area contributed by atoms with Crippen LogP contribution in [0.5, 0.6) is 0 Å². The van der Waals surface area contributed by atoms with Gasteiger partial charge < -0.3 is 14.2 Å². The van der Waals surface area contributed by atoms with Crippen LogP contribution in [0.15, 0.2) is 60.8 Å². The van der Waals surface area contributed by atoms with E-state index in [1.165, 1.54) is 218 Å². The molecule has 0 aliphatic heterocycles. The van der Waals surface area contributed by atoms with Crippen LogP contribution in [0.2, 0.25) is 0 Å². The van der Waals surface area contributed by atoms with Crippen LogP contribution in [-0.4, -0.2) is 37.2 Å². The van der Waals surface area contributed by atoms with Crippen LogP contribution in [0.3, 0.4) is 0 Å². The highest BCUT2D eigenvalue weighted by Crippen LogP contribution is 2.18. The number of rotatable bonds is 61. The van der Waals surface area contributed by atoms with Crippen molar-refractivity contribution in [3.8, 4) is 0 Å². The summed E-state index contributed by atoms with van der Waals surface area (Å²) in [6.45, 7) is 6.55. The first kappa shape index (κ1) is 73.1. The predicted octanol–water partition coefficient (Wildman–Crippen LogP) is 22.7. The summed E-state index contributed by atoms with van der Waals surface area (Å²) >= 11 is 0. The molecule has 0 aliphatic carbocycles. The Morgan fingerprint density at radius 2 is 0.513 bits per heavy atom. The molecule has 0 N–H and O–H groups in total. The second kappa shape index (κ2) is 64.6. The molecule has 0 aromatic heterocycles. The van der Waals surface area contributed by atoms with Crippen molar-refractivity contribution in [1.29, 1.82) is 0 Å². The molecule has 0 bridgehead atoms. The van der Waals surface area contributed by atoms with Gasteiger partial charge in [0.15, 0.2) is 6.10 Å². The number of carbonyl (C=O) groups excluding carboxylic acids is 3. The maximum absolute atomic E-state index is 12.9. The summed E-state index contributed by atoms with van der Waals surface area (Å²) in [5.41, 5.74) is 0. The van der Waals surface area contributed by atoms with Crippen LogP contribution in [0.25, 0.3) is 0 Å². The van der Waals surface area contributed by atoms with Crippen molar-refractivity contribution in [3.05, 3.63) is 60.8 Å². The van der Waals surface area contributed by atoms with Crippen molar-refractivity contribution in [2.45, 2.75) is 354 Å². The zero-order valence-electron chi connectivity index (χ0n) is 50.8. The molecule has 0 fully saturated rings. The molecule has 0 amide bonds. The van der Waals surface area contributed by atoms with Gasteiger partial charge in [0.2, 0.25) is 0 Å². The first-order valence-electron chi connectivity index (χ1n) is 33.3. The average Bonchev–Trinajstić information content (AvgIpc) is 3.42. The Hall–Kier alpha value is -2.89. The fraction of sp³-hybridized carbons (Fsp3) is 0.814. The maximum Gasteiger partial charge on any atom is 0.306 e. The Morgan fingerprint density at radius 1 is 0.276 bits per heavy atom. The second-order valence-corrected chi connectivity index (χ2v) is 22.4. The summed E-state index contributed by atoms with van der Waals surface area (Å²) < 4.78 is 17.0. The van der Waals surface area contributed by atoms with Crippen LogP contribution in [0.4, 0.5) is 0 Å². The van der Waals surface area contributed by atoms with Crippen molar-refractivity contribution in [1.82, 2.24) is 0 Å². The van der Waals surface area contributed by atoms with Gasteiger partial charge >= 0.3 is 17.9 Å². The van der Waals surface area contributed by atoms with Crippen LogP contribution in [-0.2, 0) is 28.6 Å². The molecule has 0 aromatic rings. The lowest BCUT2D eigenvalue weighted by atomic mass is 10.0. The SMILES string of the molecule is CC/C=C\C/C=C\C/C=C\CCCCCCCCCC(=O)OCC(COC(=O)CCCCCCCCCCCCCCCCCCCCCCCC)OC(=O)CCCCCCCCCCC/C=C\C/C=C\CCCCC. The summed E-state index contributed by atoms with van der Waals surface area (Å²) in [4.78, 5) is 38.4. The van der Waals surface area contributed by atoms with E-state index in [0.717, 1.165) is 89.9 Å². The molecule has 1 atom stereocenters. The predicted molar refractivity (Wildman–Crippen MR) is 330 cm³/mol. The first-order chi connectivity index (χ1) is 37.5. The molecule has 1 unspecified atom stereocenters. The van der Waals surface area contributed by atoms with E-state index in [2.05, 4.69) is 81.5 Å². The minimum absolute atomic E-state index is 0.0756. The molecule has 0 rings (SSSR count). The molecule has 442 valence electrons. The minimum atomic E-state index is -0.781. The van der Waals surface area contributed by atoms with E-state index in [-0.39, 0.29) is 31.1 Å². The molecule has 0 saturated heterocycles. The third-order valence-electron chi connectivity index (χ3n) is 14.8. The Labute approximate surface area is 472 Å². The fourth-order valence-electron chi connectivity index (χ4n) is 9.79. The molecule has 6 nitrogen and oxygen atoms in total. The molecule has 6 heteroatoms. The van der Waals surface area contributed by atoms with Crippen LogP contribution >= 0.6 is 0 Å². The lowest BCUT2D eigenvalue weighted by molar-refractivity contribution is -0.167. The molecule has 0 radical (unpaired) electrons. The van der Waals surface area contributed by atoms with Crippen molar-refractivity contribution in [2.75, 3.05) is 13.2 Å². The number of carbonyl (C=O) groups is 3. The van der Waals surface area contributed by atoms with Gasteiger partial charge in [0, 0.05) is 19.3 Å². The van der Waals surface area contributed by atoms with Gasteiger partial charge in [-0.1, -0.05) is 306 Å². The summed E-state index contributed by atoms with van der Waals surface area (Å²) in [5, 5.41) is 0. The number of esters is 3. The van der Waals surface area contributed by atoms with E-state index < -0.39 is 6.10 Å². The van der Waals surface area contributed by atoms with Crippen molar-refractivity contribution in [2.24, 2.45) is 0 Å². The topological polar surface area (TPSA) is 78.9 Å². The Morgan fingerprint density at radius 3 is 0.829 bits per heavy atom. The smallest absolute Gasteiger partial charge is 0.306 e. The highest BCUT2D eigenvalue weighted by molar-refractivity contribution is 5.71. The summed E-state index contributed by atoms with van der Waals surface area (Å²) in [7, 11) is 0. The second-order valence-electron chi connectivity index (χ2n) is 22.4. The monoisotopic (exact) mass is 1060 g/mol. The first-order valence-corrected chi connectivity index (χ1v) is 33.3. The molecular weight excluding hydrogens is 937 g/mol. The lowest BCUT2D eigenvalue weighted by Crippen LogP contribution is -2.30. The molecule has 0 saturated carbocycles. The van der Waals surface area contributed by atoms with E-state index in [0.29, 0.717) is 19.3 Å². The van der Waals surface area contributed by atoms with Crippen molar-refractivity contribution in [3.63, 3.8) is 0 Å². The molecular formula is C70H126O6. The molecule has 0 heterocycles. The third-order valence-corrected chi connectivity index (χ3v) is 14.8. The minimum Gasteiger partial charge on any atom is -0.462 e. The van der Waals surface area contributed by atoms with Crippen LogP contribution in [0.1, 0.15) is 348 Å². The number of hydrogen-bond donors (Lipinski definition) is 0. The van der Waals surface area contributed by atoms with Gasteiger partial charge in [-0.05, 0) is 83.5 Å². The van der Waals surface area contributed by atoms with Gasteiger partial charge in [-0.2, -0.15) is 0 Å². The van der Waals surface area contributed by atoms with E-state index in [1.54, 1.807) is 0 Å². The van der Waals surface area contributed by atoms with Gasteiger partial charge in [-0.15, -0.1) is 0 Å². The third kappa shape index (κ3) is 62.0. The van der Waals surface area contributed by atoms with Crippen molar-refractivity contribution >= 4 is 17.9 Å². The zero-order valence-corrected chi connectivity index (χ0v) is 50.8. The highest BCUT2D eigenvalue weighted by atomic mass is 16.6. The van der Waals surface area contributed by atoms with Gasteiger partial charge in [-0.25, -0.2) is 0 Å². The number of ether oxygens (including phenoxy) is 3. The van der Waals surface area contributed by atoms with Crippen LogP contribution in [0, 0.1) is 0 Å². The number of hydrogen-bond acceptors (Lipinski definition) is 6. The standard InChI is InChI=1S/C70H126O6/c1-4-7-10-13-16-19-22-25-28-31-33-34-35-37-39-42-45-48-51-54-57-60-63-69(72)75-66-67(65-74-68(71)62-59-56-53-50-47-44-41-38-30-27-24-21-18-15-12-9-6-3)76-70(73)64-61-58-55-52-49-46-43-40-36-32-29-26-23-20-17-14-11-8-5-2/h9,12,17-18,20-21,26-27,29-30,67H,4-8,10-11,13-16,19,22-25,28,31-66H2,1-3H3/b12-9-,20-17-,21-18-,29-26-,30-27-. The van der Waals surface area contributed by atoms with E-state index in [1.807, 2.05) is 0 Å². The molecule has 0 aromatic carbocycles. The summed E-state index contributed by atoms with van der Waals surface area (Å²) in [5.74, 6) is -0.869. The lowest BCUT2D eigenvalue weighted by Gasteiger charge is -2.18. The average molecular weight is 1060 g/mol. The van der Waals surface area contributed by atoms with E-state index >= 15 is 0 Å². The zero-order chi connectivity index (χ0) is 55.0. The molecule has 0 spiro atoms. The van der Waals surface area contributed by atoms with Crippen LogP contribution < -0.4 is 0 Å². The summed E-state index contributed by atoms with van der Waals surface area (Å²) in [6, 6.07) is 0. The Balaban J connectivity index is 4.33. The van der Waals surface area contributed by atoms with Gasteiger partial charge in [-0.3, -0.25) is 14.4 Å². The fourth-order valence-corrected chi connectivity index (χ4v) is 9.79. The number of unbranched alkanes of at least 4 members (excludes halogenated alkanes) is 40. The van der Waals surface area contributed by atoms with Gasteiger partial charge in [0.1, 0.15) is 13.2 Å². The van der Waals surface area contributed by atoms with Gasteiger partial charge in [0.25, 0.3) is 0 Å². The van der Waals surface area contributed by atoms with E-state index in [9.17, 15) is 14.4 Å². The maximum atomic E-state index is 12.9. The van der Waals surface area contributed by atoms with Gasteiger partial charge in [0.05, 0.1) is 0 Å². The Bertz CT molecular complexity index is 1360. The summed E-state index contributed by atoms with van der Waals surface area (Å²) in [6.07, 6.45) is 82.3. The Kier molecular flexibility index (Phi) is 62.2. The number of allylic oxidation sites excluding steroid dienone is 10. The van der Waals surface area contributed by atoms with E-state index in [4.69, 9.17) is 14.2 Å². The quantitative estimate of drug-likeness (QED) is 0.0261. The highest BCUT2D eigenvalue weighted by Gasteiger charge is 2.19.